The average Bonchev–Trinajstić information content (AvgIpc) is 2.69. The molecule has 0 unspecified atom stereocenters. The van der Waals surface area contributed by atoms with E-state index in [1.165, 1.54) is 5.56 Å². The predicted octanol–water partition coefficient (Wildman–Crippen LogP) is 4.57. The zero-order chi connectivity index (χ0) is 18.2. The van der Waals surface area contributed by atoms with Crippen molar-refractivity contribution < 1.29 is 14.3 Å². The molecule has 3 heteroatoms. The van der Waals surface area contributed by atoms with Crippen LogP contribution < -0.4 is 4.74 Å². The summed E-state index contributed by atoms with van der Waals surface area (Å²) in [4.78, 5) is 12.2. The van der Waals surface area contributed by atoms with E-state index in [9.17, 15) is 4.79 Å². The first-order valence-electron chi connectivity index (χ1n) is 8.64. The van der Waals surface area contributed by atoms with Crippen molar-refractivity contribution in [1.29, 1.82) is 0 Å². The molecule has 0 aliphatic heterocycles. The Balaban J connectivity index is 1.63. The summed E-state index contributed by atoms with van der Waals surface area (Å²) in [5.74, 6) is 0.627. The number of carbonyl (C=O) groups excluding carboxylic acids is 1. The number of hydrogen-bond donors (Lipinski definition) is 0. The predicted molar refractivity (Wildman–Crippen MR) is 102 cm³/mol. The number of benzene rings is 3. The van der Waals surface area contributed by atoms with Gasteiger partial charge in [-0.1, -0.05) is 66.7 Å². The first-order valence-corrected chi connectivity index (χ1v) is 8.64. The Morgan fingerprint density at radius 1 is 0.769 bits per heavy atom. The molecule has 0 aliphatic carbocycles. The molecule has 0 atom stereocenters. The first kappa shape index (κ1) is 17.7. The minimum Gasteiger partial charge on any atom is -0.497 e. The van der Waals surface area contributed by atoms with Crippen LogP contribution in [0.5, 0.6) is 5.75 Å². The maximum absolute atomic E-state index is 12.2. The summed E-state index contributed by atoms with van der Waals surface area (Å²) in [7, 11) is 1.66. The van der Waals surface area contributed by atoms with Crippen LogP contribution in [0, 0.1) is 0 Å². The van der Waals surface area contributed by atoms with Crippen molar-refractivity contribution in [2.24, 2.45) is 0 Å². The van der Waals surface area contributed by atoms with Crippen molar-refractivity contribution in [3.05, 3.63) is 101 Å². The SMILES string of the molecule is COc1ccc(Cc2ccccc2CC(=O)OCc2ccccc2)cc1. The van der Waals surface area contributed by atoms with Crippen LogP contribution in [0.2, 0.25) is 0 Å². The van der Waals surface area contributed by atoms with Gasteiger partial charge in [-0.3, -0.25) is 4.79 Å². The summed E-state index contributed by atoms with van der Waals surface area (Å²) < 4.78 is 10.6. The molecule has 0 spiro atoms. The largest absolute Gasteiger partial charge is 0.497 e. The molecular formula is C23H22O3. The van der Waals surface area contributed by atoms with Crippen LogP contribution in [0.3, 0.4) is 0 Å². The molecule has 0 fully saturated rings. The Morgan fingerprint density at radius 2 is 1.42 bits per heavy atom. The summed E-state index contributed by atoms with van der Waals surface area (Å²) in [6.45, 7) is 0.306. The van der Waals surface area contributed by atoms with E-state index in [4.69, 9.17) is 9.47 Å². The van der Waals surface area contributed by atoms with Crippen LogP contribution in [0.4, 0.5) is 0 Å². The van der Waals surface area contributed by atoms with E-state index in [0.29, 0.717) is 6.61 Å². The summed E-state index contributed by atoms with van der Waals surface area (Å²) in [5.41, 5.74) is 4.30. The average molecular weight is 346 g/mol. The van der Waals surface area contributed by atoms with Crippen LogP contribution in [0.25, 0.3) is 0 Å². The zero-order valence-electron chi connectivity index (χ0n) is 14.9. The van der Waals surface area contributed by atoms with Gasteiger partial charge in [0.15, 0.2) is 0 Å². The molecule has 0 N–H and O–H groups in total. The van der Waals surface area contributed by atoms with E-state index in [1.807, 2.05) is 72.8 Å². The van der Waals surface area contributed by atoms with Crippen molar-refractivity contribution in [2.75, 3.05) is 7.11 Å². The lowest BCUT2D eigenvalue weighted by atomic mass is 9.98. The third-order valence-corrected chi connectivity index (χ3v) is 4.25. The molecule has 0 heterocycles. The fourth-order valence-corrected chi connectivity index (χ4v) is 2.81. The Morgan fingerprint density at radius 3 is 2.12 bits per heavy atom. The van der Waals surface area contributed by atoms with E-state index in [1.54, 1.807) is 7.11 Å². The molecule has 0 aromatic heterocycles. The molecule has 3 nitrogen and oxygen atoms in total. The highest BCUT2D eigenvalue weighted by Crippen LogP contribution is 2.18. The number of esters is 1. The Bertz CT molecular complexity index is 839. The number of ether oxygens (including phenoxy) is 2. The molecule has 132 valence electrons. The van der Waals surface area contributed by atoms with E-state index < -0.39 is 0 Å². The third kappa shape index (κ3) is 4.96. The number of methoxy groups -OCH3 is 1. The highest BCUT2D eigenvalue weighted by atomic mass is 16.5. The van der Waals surface area contributed by atoms with Gasteiger partial charge in [-0.2, -0.15) is 0 Å². The molecular weight excluding hydrogens is 324 g/mol. The quantitative estimate of drug-likeness (QED) is 0.588. The second-order valence-corrected chi connectivity index (χ2v) is 6.12. The maximum Gasteiger partial charge on any atom is 0.310 e. The van der Waals surface area contributed by atoms with E-state index in [0.717, 1.165) is 28.9 Å². The number of rotatable bonds is 7. The second-order valence-electron chi connectivity index (χ2n) is 6.12. The summed E-state index contributed by atoms with van der Waals surface area (Å²) in [5, 5.41) is 0. The van der Waals surface area contributed by atoms with E-state index in [-0.39, 0.29) is 12.4 Å². The van der Waals surface area contributed by atoms with Crippen molar-refractivity contribution in [3.63, 3.8) is 0 Å². The molecule has 0 aliphatic rings. The van der Waals surface area contributed by atoms with E-state index >= 15 is 0 Å². The molecule has 3 rings (SSSR count). The number of carbonyl (C=O) groups is 1. The molecule has 26 heavy (non-hydrogen) atoms. The Labute approximate surface area is 154 Å². The smallest absolute Gasteiger partial charge is 0.310 e. The van der Waals surface area contributed by atoms with Gasteiger partial charge in [0.2, 0.25) is 0 Å². The van der Waals surface area contributed by atoms with Crippen LogP contribution >= 0.6 is 0 Å². The van der Waals surface area contributed by atoms with Gasteiger partial charge in [0.05, 0.1) is 13.5 Å². The van der Waals surface area contributed by atoms with Crippen molar-refractivity contribution >= 4 is 5.97 Å². The van der Waals surface area contributed by atoms with Crippen molar-refractivity contribution in [3.8, 4) is 5.75 Å². The molecule has 3 aromatic carbocycles. The Hall–Kier alpha value is -3.07. The van der Waals surface area contributed by atoms with Crippen LogP contribution in [-0.2, 0) is 29.0 Å². The van der Waals surface area contributed by atoms with Gasteiger partial charge in [-0.25, -0.2) is 0 Å². The zero-order valence-corrected chi connectivity index (χ0v) is 14.9. The molecule has 0 amide bonds. The van der Waals surface area contributed by atoms with Crippen LogP contribution in [0.1, 0.15) is 22.3 Å². The lowest BCUT2D eigenvalue weighted by Gasteiger charge is -2.10. The topological polar surface area (TPSA) is 35.5 Å². The molecule has 0 radical (unpaired) electrons. The summed E-state index contributed by atoms with van der Waals surface area (Å²) >= 11 is 0. The van der Waals surface area contributed by atoms with Gasteiger partial charge < -0.3 is 9.47 Å². The Kier molecular flexibility index (Phi) is 6.05. The van der Waals surface area contributed by atoms with Gasteiger partial charge in [-0.15, -0.1) is 0 Å². The third-order valence-electron chi connectivity index (χ3n) is 4.25. The van der Waals surface area contributed by atoms with Crippen molar-refractivity contribution in [1.82, 2.24) is 0 Å². The summed E-state index contributed by atoms with van der Waals surface area (Å²) in [6.07, 6.45) is 1.05. The molecule has 0 saturated heterocycles. The normalized spacial score (nSPS) is 10.3. The molecule has 3 aromatic rings. The van der Waals surface area contributed by atoms with E-state index in [2.05, 4.69) is 6.07 Å². The van der Waals surface area contributed by atoms with Gasteiger partial charge in [-0.05, 0) is 40.8 Å². The standard InChI is InChI=1S/C23H22O3/c1-25-22-13-11-18(12-14-22)15-20-9-5-6-10-21(20)16-23(24)26-17-19-7-3-2-4-8-19/h2-14H,15-17H2,1H3. The fraction of sp³-hybridized carbons (Fsp3) is 0.174. The molecule has 0 bridgehead atoms. The van der Waals surface area contributed by atoms with Gasteiger partial charge in [0, 0.05) is 0 Å². The van der Waals surface area contributed by atoms with Gasteiger partial charge in [0.25, 0.3) is 0 Å². The minimum atomic E-state index is -0.212. The lowest BCUT2D eigenvalue weighted by Crippen LogP contribution is -2.09. The minimum absolute atomic E-state index is 0.212. The van der Waals surface area contributed by atoms with Crippen LogP contribution in [-0.4, -0.2) is 13.1 Å². The monoisotopic (exact) mass is 346 g/mol. The first-order chi connectivity index (χ1) is 12.7. The maximum atomic E-state index is 12.2. The summed E-state index contributed by atoms with van der Waals surface area (Å²) in [6, 6.07) is 25.7. The number of hydrogen-bond acceptors (Lipinski definition) is 3. The second kappa shape index (κ2) is 8.86. The van der Waals surface area contributed by atoms with Gasteiger partial charge >= 0.3 is 5.97 Å². The molecule has 0 saturated carbocycles. The highest BCUT2D eigenvalue weighted by Gasteiger charge is 2.10. The fourth-order valence-electron chi connectivity index (χ4n) is 2.81. The highest BCUT2D eigenvalue weighted by molar-refractivity contribution is 5.73. The lowest BCUT2D eigenvalue weighted by molar-refractivity contribution is -0.144. The van der Waals surface area contributed by atoms with Crippen LogP contribution in [0.15, 0.2) is 78.9 Å². The van der Waals surface area contributed by atoms with Crippen molar-refractivity contribution in [2.45, 2.75) is 19.4 Å². The van der Waals surface area contributed by atoms with Gasteiger partial charge in [0.1, 0.15) is 12.4 Å².